The van der Waals surface area contributed by atoms with Crippen LogP contribution >= 0.6 is 0 Å². The minimum Gasteiger partial charge on any atom is -0.394 e. The molecule has 0 unspecified atom stereocenters. The Balaban J connectivity index is 2.90. The van der Waals surface area contributed by atoms with Crippen LogP contribution in [0.3, 0.4) is 0 Å². The van der Waals surface area contributed by atoms with Crippen LogP contribution < -0.4 is 5.32 Å². The maximum absolute atomic E-state index is 12.2. The third-order valence-electron chi connectivity index (χ3n) is 3.80. The molecule has 0 bridgehead atoms. The number of nitrogens with one attached hydrogen (secondary N) is 1. The second kappa shape index (κ2) is 6.01. The first-order valence-corrected chi connectivity index (χ1v) is 6.48. The minimum atomic E-state index is -0.504. The number of hydrogen-bond acceptors (Lipinski definition) is 2. The Labute approximate surface area is 109 Å². The Morgan fingerprint density at radius 2 is 1.83 bits per heavy atom. The summed E-state index contributed by atoms with van der Waals surface area (Å²) in [6.45, 7) is 7.93. The fourth-order valence-corrected chi connectivity index (χ4v) is 1.89. The summed E-state index contributed by atoms with van der Waals surface area (Å²) in [7, 11) is 0. The van der Waals surface area contributed by atoms with Crippen LogP contribution in [0.25, 0.3) is 0 Å². The van der Waals surface area contributed by atoms with Gasteiger partial charge in [0.15, 0.2) is 0 Å². The van der Waals surface area contributed by atoms with Crippen LogP contribution in [0.4, 0.5) is 0 Å². The molecule has 1 aromatic rings. The molecule has 0 aliphatic heterocycles. The van der Waals surface area contributed by atoms with Crippen molar-refractivity contribution in [2.45, 2.75) is 46.1 Å². The van der Waals surface area contributed by atoms with Crippen molar-refractivity contribution >= 4 is 5.91 Å². The van der Waals surface area contributed by atoms with Crippen LogP contribution in [0.2, 0.25) is 0 Å². The lowest BCUT2D eigenvalue weighted by Crippen LogP contribution is -2.50. The summed E-state index contributed by atoms with van der Waals surface area (Å²) >= 11 is 0. The summed E-state index contributed by atoms with van der Waals surface area (Å²) < 4.78 is 0. The van der Waals surface area contributed by atoms with E-state index in [1.54, 1.807) is 0 Å². The maximum Gasteiger partial charge on any atom is 0.251 e. The highest BCUT2D eigenvalue weighted by molar-refractivity contribution is 5.95. The molecule has 0 saturated heterocycles. The molecule has 0 atom stereocenters. The number of amides is 1. The second-order valence-electron chi connectivity index (χ2n) is 4.90. The molecule has 0 saturated carbocycles. The predicted octanol–water partition coefficient (Wildman–Crippen LogP) is 2.58. The van der Waals surface area contributed by atoms with Crippen LogP contribution in [0.15, 0.2) is 18.2 Å². The molecule has 0 radical (unpaired) electrons. The largest absolute Gasteiger partial charge is 0.394 e. The zero-order chi connectivity index (χ0) is 13.8. The van der Waals surface area contributed by atoms with Gasteiger partial charge in [-0.2, -0.15) is 0 Å². The Bertz CT molecular complexity index is 414. The lowest BCUT2D eigenvalue weighted by atomic mass is 9.93. The van der Waals surface area contributed by atoms with Crippen molar-refractivity contribution in [2.24, 2.45) is 0 Å². The molecule has 3 heteroatoms. The topological polar surface area (TPSA) is 49.3 Å². The number of carbonyl (C=O) groups excluding carboxylic acids is 1. The van der Waals surface area contributed by atoms with E-state index < -0.39 is 5.54 Å². The Morgan fingerprint density at radius 3 is 2.28 bits per heavy atom. The molecule has 1 rings (SSSR count). The van der Waals surface area contributed by atoms with Crippen molar-refractivity contribution in [3.05, 3.63) is 34.9 Å². The number of rotatable bonds is 5. The molecule has 3 nitrogen and oxygen atoms in total. The molecule has 100 valence electrons. The van der Waals surface area contributed by atoms with Crippen LogP contribution in [0.5, 0.6) is 0 Å². The summed E-state index contributed by atoms with van der Waals surface area (Å²) in [5, 5.41) is 12.4. The monoisotopic (exact) mass is 249 g/mol. The van der Waals surface area contributed by atoms with Gasteiger partial charge in [0, 0.05) is 5.56 Å². The van der Waals surface area contributed by atoms with Crippen molar-refractivity contribution in [1.29, 1.82) is 0 Å². The smallest absolute Gasteiger partial charge is 0.251 e. The van der Waals surface area contributed by atoms with Crippen LogP contribution in [0, 0.1) is 13.8 Å². The molecule has 2 N–H and O–H groups in total. The molecular weight excluding hydrogens is 226 g/mol. The van der Waals surface area contributed by atoms with Gasteiger partial charge in [0.25, 0.3) is 5.91 Å². The van der Waals surface area contributed by atoms with Gasteiger partial charge >= 0.3 is 0 Å². The Morgan fingerprint density at radius 1 is 1.22 bits per heavy atom. The van der Waals surface area contributed by atoms with Crippen molar-refractivity contribution in [1.82, 2.24) is 5.32 Å². The molecule has 0 heterocycles. The summed E-state index contributed by atoms with van der Waals surface area (Å²) in [6, 6.07) is 5.66. The van der Waals surface area contributed by atoms with Crippen molar-refractivity contribution in [3.63, 3.8) is 0 Å². The highest BCUT2D eigenvalue weighted by Gasteiger charge is 2.27. The van der Waals surface area contributed by atoms with Gasteiger partial charge in [-0.05, 0) is 49.9 Å². The number of aryl methyl sites for hydroxylation is 2. The third kappa shape index (κ3) is 3.10. The standard InChI is InChI=1S/C15H23NO2/c1-5-15(6-2,10-17)16-14(18)13-8-7-11(3)12(4)9-13/h7-9,17H,5-6,10H2,1-4H3,(H,16,18). The van der Waals surface area contributed by atoms with Crippen LogP contribution in [0.1, 0.15) is 48.2 Å². The van der Waals surface area contributed by atoms with Gasteiger partial charge in [-0.3, -0.25) is 4.79 Å². The predicted molar refractivity (Wildman–Crippen MR) is 73.8 cm³/mol. The first kappa shape index (κ1) is 14.7. The Kier molecular flexibility index (Phi) is 4.91. The number of aliphatic hydroxyl groups excluding tert-OH is 1. The van der Waals surface area contributed by atoms with E-state index >= 15 is 0 Å². The molecule has 0 aliphatic rings. The molecular formula is C15H23NO2. The number of hydrogen-bond donors (Lipinski definition) is 2. The van der Waals surface area contributed by atoms with Gasteiger partial charge in [0.2, 0.25) is 0 Å². The summed E-state index contributed by atoms with van der Waals surface area (Å²) in [6.07, 6.45) is 1.44. The van der Waals surface area contributed by atoms with E-state index in [1.807, 2.05) is 45.9 Å². The lowest BCUT2D eigenvalue weighted by molar-refractivity contribution is 0.0818. The van der Waals surface area contributed by atoms with E-state index in [0.29, 0.717) is 5.56 Å². The highest BCUT2D eigenvalue weighted by atomic mass is 16.3. The quantitative estimate of drug-likeness (QED) is 0.842. The van der Waals surface area contributed by atoms with Crippen LogP contribution in [-0.2, 0) is 0 Å². The molecule has 0 fully saturated rings. The molecule has 1 aromatic carbocycles. The zero-order valence-electron chi connectivity index (χ0n) is 11.7. The summed E-state index contributed by atoms with van der Waals surface area (Å²) in [5.41, 5.74) is 2.42. The van der Waals surface area contributed by atoms with Gasteiger partial charge in [-0.25, -0.2) is 0 Å². The average molecular weight is 249 g/mol. The summed E-state index contributed by atoms with van der Waals surface area (Å²) in [4.78, 5) is 12.2. The zero-order valence-corrected chi connectivity index (χ0v) is 11.7. The first-order valence-electron chi connectivity index (χ1n) is 6.48. The van der Waals surface area contributed by atoms with E-state index in [0.717, 1.165) is 18.4 Å². The molecule has 0 aromatic heterocycles. The van der Waals surface area contributed by atoms with Gasteiger partial charge in [0.05, 0.1) is 12.1 Å². The minimum absolute atomic E-state index is 0.0312. The van der Waals surface area contributed by atoms with Crippen molar-refractivity contribution in [2.75, 3.05) is 6.61 Å². The fraction of sp³-hybridized carbons (Fsp3) is 0.533. The number of carbonyl (C=O) groups is 1. The van der Waals surface area contributed by atoms with E-state index in [-0.39, 0.29) is 12.5 Å². The van der Waals surface area contributed by atoms with Gasteiger partial charge < -0.3 is 10.4 Å². The van der Waals surface area contributed by atoms with Crippen molar-refractivity contribution < 1.29 is 9.90 Å². The van der Waals surface area contributed by atoms with Crippen LogP contribution in [-0.4, -0.2) is 23.2 Å². The molecule has 0 spiro atoms. The van der Waals surface area contributed by atoms with Crippen molar-refractivity contribution in [3.8, 4) is 0 Å². The third-order valence-corrected chi connectivity index (χ3v) is 3.80. The van der Waals surface area contributed by atoms with E-state index in [4.69, 9.17) is 0 Å². The normalized spacial score (nSPS) is 11.4. The molecule has 18 heavy (non-hydrogen) atoms. The molecule has 0 aliphatic carbocycles. The number of aliphatic hydroxyl groups is 1. The molecule has 1 amide bonds. The lowest BCUT2D eigenvalue weighted by Gasteiger charge is -2.30. The second-order valence-corrected chi connectivity index (χ2v) is 4.90. The highest BCUT2D eigenvalue weighted by Crippen LogP contribution is 2.16. The van der Waals surface area contributed by atoms with E-state index in [2.05, 4.69) is 5.32 Å². The van der Waals surface area contributed by atoms with Gasteiger partial charge in [0.1, 0.15) is 0 Å². The number of benzene rings is 1. The average Bonchev–Trinajstić information content (AvgIpc) is 2.39. The first-order chi connectivity index (χ1) is 8.48. The van der Waals surface area contributed by atoms with E-state index in [9.17, 15) is 9.90 Å². The summed E-state index contributed by atoms with van der Waals surface area (Å²) in [5.74, 6) is -0.115. The van der Waals surface area contributed by atoms with Gasteiger partial charge in [-0.1, -0.05) is 19.9 Å². The van der Waals surface area contributed by atoms with Gasteiger partial charge in [-0.15, -0.1) is 0 Å². The van der Waals surface area contributed by atoms with E-state index in [1.165, 1.54) is 5.56 Å². The Hall–Kier alpha value is -1.35. The SMILES string of the molecule is CCC(CC)(CO)NC(=O)c1ccc(C)c(C)c1. The maximum atomic E-state index is 12.2. The fourth-order valence-electron chi connectivity index (χ4n) is 1.89.